The van der Waals surface area contributed by atoms with Gasteiger partial charge in [-0.05, 0) is 38.6 Å². The Morgan fingerprint density at radius 1 is 1.24 bits per heavy atom. The van der Waals surface area contributed by atoms with Crippen molar-refractivity contribution in [1.82, 2.24) is 10.6 Å². The predicted octanol–water partition coefficient (Wildman–Crippen LogP) is 1.29. The van der Waals surface area contributed by atoms with Crippen molar-refractivity contribution in [1.29, 1.82) is 0 Å². The molecule has 0 aromatic rings. The van der Waals surface area contributed by atoms with Gasteiger partial charge in [-0.25, -0.2) is 0 Å². The molecule has 0 fully saturated rings. The minimum Gasteiger partial charge on any atom is -0.396 e. The van der Waals surface area contributed by atoms with Crippen molar-refractivity contribution in [2.24, 2.45) is 5.92 Å². The van der Waals surface area contributed by atoms with Crippen LogP contribution in [0, 0.1) is 5.92 Å². The number of hydrogen-bond donors (Lipinski definition) is 3. The number of carbonyl (C=O) groups excluding carboxylic acids is 1. The first-order valence-electron chi connectivity index (χ1n) is 6.73. The second kappa shape index (κ2) is 10.5. The highest BCUT2D eigenvalue weighted by atomic mass is 16.3. The smallest absolute Gasteiger partial charge is 0.236 e. The molecule has 0 aliphatic carbocycles. The third-order valence-corrected chi connectivity index (χ3v) is 2.86. The molecule has 17 heavy (non-hydrogen) atoms. The van der Waals surface area contributed by atoms with Gasteiger partial charge in [0.25, 0.3) is 0 Å². The van der Waals surface area contributed by atoms with Crippen molar-refractivity contribution in [3.05, 3.63) is 0 Å². The second-order valence-electron chi connectivity index (χ2n) is 4.75. The molecule has 0 spiro atoms. The summed E-state index contributed by atoms with van der Waals surface area (Å²) in [5.74, 6) is 0.430. The average molecular weight is 244 g/mol. The minimum absolute atomic E-state index is 0.0775. The first kappa shape index (κ1) is 16.4. The lowest BCUT2D eigenvalue weighted by molar-refractivity contribution is -0.122. The van der Waals surface area contributed by atoms with Gasteiger partial charge in [0.05, 0.1) is 6.04 Å². The number of rotatable bonds is 10. The van der Waals surface area contributed by atoms with Gasteiger partial charge in [-0.3, -0.25) is 4.79 Å². The number of aliphatic hydroxyl groups is 1. The largest absolute Gasteiger partial charge is 0.396 e. The highest BCUT2D eigenvalue weighted by molar-refractivity contribution is 5.81. The number of carbonyl (C=O) groups is 1. The van der Waals surface area contributed by atoms with E-state index in [0.717, 1.165) is 38.8 Å². The van der Waals surface area contributed by atoms with E-state index < -0.39 is 0 Å². The van der Waals surface area contributed by atoms with E-state index in [0.29, 0.717) is 5.92 Å². The van der Waals surface area contributed by atoms with Crippen LogP contribution in [-0.4, -0.2) is 36.8 Å². The Hall–Kier alpha value is -0.610. The summed E-state index contributed by atoms with van der Waals surface area (Å²) in [6.07, 6.45) is 4.12. The normalized spacial score (nSPS) is 14.4. The Labute approximate surface area is 105 Å². The van der Waals surface area contributed by atoms with Gasteiger partial charge >= 0.3 is 0 Å². The summed E-state index contributed by atoms with van der Waals surface area (Å²) in [4.78, 5) is 11.6. The molecule has 0 heterocycles. The molecular formula is C13H28N2O2. The van der Waals surface area contributed by atoms with E-state index in [1.807, 2.05) is 13.8 Å². The molecule has 0 rings (SSSR count). The summed E-state index contributed by atoms with van der Waals surface area (Å²) in [6, 6.07) is -0.128. The van der Waals surface area contributed by atoms with E-state index in [4.69, 9.17) is 5.11 Å². The molecule has 0 saturated carbocycles. The maximum Gasteiger partial charge on any atom is 0.236 e. The molecule has 2 unspecified atom stereocenters. The fourth-order valence-electron chi connectivity index (χ4n) is 1.49. The SMILES string of the molecule is CCCCNC(=O)C(C)NCCCC(C)CO. The third-order valence-electron chi connectivity index (χ3n) is 2.86. The molecule has 1 amide bonds. The van der Waals surface area contributed by atoms with E-state index >= 15 is 0 Å². The Morgan fingerprint density at radius 2 is 1.94 bits per heavy atom. The molecule has 0 aromatic carbocycles. The van der Waals surface area contributed by atoms with Gasteiger partial charge in [0, 0.05) is 13.2 Å². The van der Waals surface area contributed by atoms with E-state index in [-0.39, 0.29) is 18.6 Å². The predicted molar refractivity (Wildman–Crippen MR) is 70.9 cm³/mol. The van der Waals surface area contributed by atoms with Crippen molar-refractivity contribution in [3.8, 4) is 0 Å². The molecule has 3 N–H and O–H groups in total. The van der Waals surface area contributed by atoms with Crippen molar-refractivity contribution in [3.63, 3.8) is 0 Å². The average Bonchev–Trinajstić information content (AvgIpc) is 2.34. The number of hydrogen-bond acceptors (Lipinski definition) is 3. The lowest BCUT2D eigenvalue weighted by Crippen LogP contribution is -2.42. The van der Waals surface area contributed by atoms with Gasteiger partial charge in [0.2, 0.25) is 5.91 Å². The zero-order chi connectivity index (χ0) is 13.1. The highest BCUT2D eigenvalue weighted by Gasteiger charge is 2.10. The fourth-order valence-corrected chi connectivity index (χ4v) is 1.49. The quantitative estimate of drug-likeness (QED) is 0.507. The van der Waals surface area contributed by atoms with Gasteiger partial charge in [-0.15, -0.1) is 0 Å². The summed E-state index contributed by atoms with van der Waals surface area (Å²) in [7, 11) is 0. The molecule has 4 nitrogen and oxygen atoms in total. The van der Waals surface area contributed by atoms with Crippen molar-refractivity contribution >= 4 is 5.91 Å². The van der Waals surface area contributed by atoms with E-state index in [9.17, 15) is 4.79 Å². The topological polar surface area (TPSA) is 61.4 Å². The van der Waals surface area contributed by atoms with E-state index in [1.165, 1.54) is 0 Å². The molecule has 2 atom stereocenters. The molecule has 0 aliphatic rings. The summed E-state index contributed by atoms with van der Waals surface area (Å²) in [6.45, 7) is 7.86. The first-order chi connectivity index (χ1) is 8.11. The van der Waals surface area contributed by atoms with Crippen LogP contribution in [0.3, 0.4) is 0 Å². The van der Waals surface area contributed by atoms with Gasteiger partial charge in [-0.2, -0.15) is 0 Å². The molecule has 0 aliphatic heterocycles. The van der Waals surface area contributed by atoms with Crippen LogP contribution in [0.15, 0.2) is 0 Å². The maximum atomic E-state index is 11.6. The van der Waals surface area contributed by atoms with E-state index in [2.05, 4.69) is 17.6 Å². The van der Waals surface area contributed by atoms with Crippen LogP contribution >= 0.6 is 0 Å². The van der Waals surface area contributed by atoms with Crippen LogP contribution in [0.25, 0.3) is 0 Å². The van der Waals surface area contributed by atoms with Crippen molar-refractivity contribution < 1.29 is 9.90 Å². The monoisotopic (exact) mass is 244 g/mol. The van der Waals surface area contributed by atoms with Crippen LogP contribution in [0.5, 0.6) is 0 Å². The highest BCUT2D eigenvalue weighted by Crippen LogP contribution is 2.02. The summed E-state index contributed by atoms with van der Waals surface area (Å²) < 4.78 is 0. The number of amides is 1. The summed E-state index contributed by atoms with van der Waals surface area (Å²) in [5, 5.41) is 15.0. The Morgan fingerprint density at radius 3 is 2.53 bits per heavy atom. The van der Waals surface area contributed by atoms with Crippen LogP contribution in [-0.2, 0) is 4.79 Å². The molecule has 0 saturated heterocycles. The standard InChI is InChI=1S/C13H28N2O2/c1-4-5-8-15-13(17)12(3)14-9-6-7-11(2)10-16/h11-12,14,16H,4-10H2,1-3H3,(H,15,17). The number of nitrogens with one attached hydrogen (secondary N) is 2. The zero-order valence-electron chi connectivity index (χ0n) is 11.5. The second-order valence-corrected chi connectivity index (χ2v) is 4.75. The fraction of sp³-hybridized carbons (Fsp3) is 0.923. The van der Waals surface area contributed by atoms with Crippen molar-refractivity contribution in [2.75, 3.05) is 19.7 Å². The number of unbranched alkanes of at least 4 members (excludes halogenated alkanes) is 1. The number of aliphatic hydroxyl groups excluding tert-OH is 1. The minimum atomic E-state index is -0.128. The van der Waals surface area contributed by atoms with Crippen LogP contribution in [0.2, 0.25) is 0 Å². The van der Waals surface area contributed by atoms with Gasteiger partial charge in [-0.1, -0.05) is 20.3 Å². The molecule has 0 aromatic heterocycles. The molecule has 4 heteroatoms. The van der Waals surface area contributed by atoms with Gasteiger partial charge in [0.15, 0.2) is 0 Å². The lowest BCUT2D eigenvalue weighted by atomic mass is 10.1. The van der Waals surface area contributed by atoms with Crippen LogP contribution in [0.1, 0.15) is 46.5 Å². The molecular weight excluding hydrogens is 216 g/mol. The van der Waals surface area contributed by atoms with Crippen LogP contribution < -0.4 is 10.6 Å². The zero-order valence-corrected chi connectivity index (χ0v) is 11.5. The Kier molecular flexibility index (Phi) is 10.2. The lowest BCUT2D eigenvalue weighted by Gasteiger charge is -2.14. The van der Waals surface area contributed by atoms with Gasteiger partial charge in [0.1, 0.15) is 0 Å². The van der Waals surface area contributed by atoms with E-state index in [1.54, 1.807) is 0 Å². The Balaban J connectivity index is 3.50. The third kappa shape index (κ3) is 9.12. The van der Waals surface area contributed by atoms with Gasteiger partial charge < -0.3 is 15.7 Å². The first-order valence-corrected chi connectivity index (χ1v) is 6.73. The van der Waals surface area contributed by atoms with Crippen LogP contribution in [0.4, 0.5) is 0 Å². The molecule has 0 bridgehead atoms. The van der Waals surface area contributed by atoms with Crippen molar-refractivity contribution in [2.45, 2.75) is 52.5 Å². The maximum absolute atomic E-state index is 11.6. The summed E-state index contributed by atoms with van der Waals surface area (Å²) >= 11 is 0. The molecule has 0 radical (unpaired) electrons. The molecule has 102 valence electrons. The summed E-state index contributed by atoms with van der Waals surface area (Å²) in [5.41, 5.74) is 0. The Bertz CT molecular complexity index is 198.